The van der Waals surface area contributed by atoms with Gasteiger partial charge in [0.2, 0.25) is 5.91 Å². The zero-order valence-corrected chi connectivity index (χ0v) is 15.6. The molecule has 28 heavy (non-hydrogen) atoms. The van der Waals surface area contributed by atoms with Crippen molar-refractivity contribution in [3.05, 3.63) is 12.2 Å². The van der Waals surface area contributed by atoms with Crippen molar-refractivity contribution < 1.29 is 33.6 Å². The van der Waals surface area contributed by atoms with Crippen LogP contribution in [0.15, 0.2) is 12.2 Å². The summed E-state index contributed by atoms with van der Waals surface area (Å²) in [5.74, 6) is -3.24. The molecule has 0 aromatic carbocycles. The molecule has 0 aromatic heterocycles. The summed E-state index contributed by atoms with van der Waals surface area (Å²) in [6, 6.07) is 0. The van der Waals surface area contributed by atoms with Gasteiger partial charge < -0.3 is 10.2 Å². The van der Waals surface area contributed by atoms with Gasteiger partial charge in [-0.3, -0.25) is 28.9 Å². The van der Waals surface area contributed by atoms with Crippen LogP contribution in [0.5, 0.6) is 0 Å². The molecule has 0 aliphatic carbocycles. The van der Waals surface area contributed by atoms with Crippen LogP contribution in [0.25, 0.3) is 0 Å². The molecule has 152 valence electrons. The topological polar surface area (TPSA) is 130 Å². The average molecular weight is 393 g/mol. The maximum atomic E-state index is 11.7. The molecule has 1 fully saturated rings. The zero-order chi connectivity index (χ0) is 20.7. The Labute approximate surface area is 161 Å². The minimum Gasteiger partial charge on any atom is -0.356 e. The molecule has 2 aliphatic rings. The fourth-order valence-corrected chi connectivity index (χ4v) is 2.75. The van der Waals surface area contributed by atoms with Gasteiger partial charge in [0.05, 0.1) is 0 Å². The number of hydrogen-bond acceptors (Lipinski definition) is 7. The van der Waals surface area contributed by atoms with Crippen LogP contribution in [0.2, 0.25) is 0 Å². The van der Waals surface area contributed by atoms with Gasteiger partial charge in [0.1, 0.15) is 0 Å². The number of imide groups is 2. The van der Waals surface area contributed by atoms with Crippen molar-refractivity contribution in [3.63, 3.8) is 0 Å². The first-order chi connectivity index (χ1) is 13.3. The molecular formula is C18H23N3O7. The number of rotatable bonds is 10. The number of carbonyl (C=O) groups is 6. The molecule has 2 heterocycles. The van der Waals surface area contributed by atoms with Crippen molar-refractivity contribution in [1.82, 2.24) is 15.3 Å². The van der Waals surface area contributed by atoms with Crippen LogP contribution in [0.3, 0.4) is 0 Å². The first-order valence-electron chi connectivity index (χ1n) is 9.17. The van der Waals surface area contributed by atoms with Gasteiger partial charge in [-0.05, 0) is 12.8 Å². The maximum absolute atomic E-state index is 11.7. The van der Waals surface area contributed by atoms with Gasteiger partial charge in [0.25, 0.3) is 23.6 Å². The summed E-state index contributed by atoms with van der Waals surface area (Å²) in [5.41, 5.74) is 0. The molecule has 1 N–H and O–H groups in total. The van der Waals surface area contributed by atoms with Gasteiger partial charge in [-0.2, -0.15) is 0 Å². The third kappa shape index (κ3) is 5.73. The van der Waals surface area contributed by atoms with Gasteiger partial charge in [-0.15, -0.1) is 5.06 Å². The lowest BCUT2D eigenvalue weighted by Crippen LogP contribution is -2.35. The minimum atomic E-state index is -0.645. The lowest BCUT2D eigenvalue weighted by Gasteiger charge is -2.13. The Morgan fingerprint density at radius 2 is 1.75 bits per heavy atom. The Bertz CT molecular complexity index is 698. The van der Waals surface area contributed by atoms with E-state index in [0.717, 1.165) is 4.90 Å². The van der Waals surface area contributed by atoms with Gasteiger partial charge in [0, 0.05) is 50.4 Å². The van der Waals surface area contributed by atoms with Gasteiger partial charge in [0.15, 0.2) is 0 Å². The summed E-state index contributed by atoms with van der Waals surface area (Å²) in [6.07, 6.45) is 4.23. The molecule has 10 heteroatoms. The molecule has 2 aliphatic heterocycles. The SMILES string of the molecule is CC1CC(=O)N(OC(=O)CCCCCNC(=O)CCN2C(=O)C=CC2=O)C1=O. The van der Waals surface area contributed by atoms with Crippen molar-refractivity contribution in [3.8, 4) is 0 Å². The zero-order valence-electron chi connectivity index (χ0n) is 15.6. The number of hydroxylamine groups is 2. The van der Waals surface area contributed by atoms with Gasteiger partial charge in [-0.1, -0.05) is 13.3 Å². The highest BCUT2D eigenvalue weighted by atomic mass is 16.7. The van der Waals surface area contributed by atoms with E-state index in [0.29, 0.717) is 30.9 Å². The number of amides is 5. The fourth-order valence-electron chi connectivity index (χ4n) is 2.75. The molecule has 2 rings (SSSR count). The number of unbranched alkanes of at least 4 members (excludes halogenated alkanes) is 2. The molecule has 1 atom stereocenters. The Balaban J connectivity index is 1.51. The largest absolute Gasteiger partial charge is 0.356 e. The van der Waals surface area contributed by atoms with Crippen LogP contribution < -0.4 is 5.32 Å². The predicted octanol–water partition coefficient (Wildman–Crippen LogP) is -0.169. The lowest BCUT2D eigenvalue weighted by atomic mass is 10.1. The highest BCUT2D eigenvalue weighted by molar-refractivity contribution is 6.13. The molecule has 0 spiro atoms. The minimum absolute atomic E-state index is 0.0296. The Kier molecular flexibility index (Phi) is 7.42. The van der Waals surface area contributed by atoms with Gasteiger partial charge >= 0.3 is 5.97 Å². The standard InChI is InChI=1S/C18H23N3O7/c1-12-11-16(25)21(18(12)27)28-17(26)5-3-2-4-9-19-13(22)8-10-20-14(23)6-7-15(20)24/h6-7,12H,2-5,8-11H2,1H3,(H,19,22). The predicted molar refractivity (Wildman–Crippen MR) is 93.7 cm³/mol. The van der Waals surface area contributed by atoms with E-state index in [4.69, 9.17) is 4.84 Å². The van der Waals surface area contributed by atoms with E-state index in [1.807, 2.05) is 0 Å². The molecule has 0 bridgehead atoms. The van der Waals surface area contributed by atoms with Crippen molar-refractivity contribution >= 4 is 35.5 Å². The molecular weight excluding hydrogens is 370 g/mol. The summed E-state index contributed by atoms with van der Waals surface area (Å²) in [7, 11) is 0. The highest BCUT2D eigenvalue weighted by Crippen LogP contribution is 2.19. The van der Waals surface area contributed by atoms with E-state index < -0.39 is 35.5 Å². The monoisotopic (exact) mass is 393 g/mol. The number of carbonyl (C=O) groups excluding carboxylic acids is 6. The summed E-state index contributed by atoms with van der Waals surface area (Å²) in [5, 5.41) is 3.22. The van der Waals surface area contributed by atoms with Crippen molar-refractivity contribution in [2.24, 2.45) is 5.92 Å². The van der Waals surface area contributed by atoms with Crippen LogP contribution in [0, 0.1) is 5.92 Å². The van der Waals surface area contributed by atoms with Crippen LogP contribution in [0.4, 0.5) is 0 Å². The van der Waals surface area contributed by atoms with E-state index in [-0.39, 0.29) is 31.7 Å². The van der Waals surface area contributed by atoms with Crippen molar-refractivity contribution in [2.45, 2.75) is 45.4 Å². The van der Waals surface area contributed by atoms with E-state index in [9.17, 15) is 28.8 Å². The second-order valence-electron chi connectivity index (χ2n) is 6.67. The van der Waals surface area contributed by atoms with Crippen LogP contribution in [0.1, 0.15) is 45.4 Å². The number of nitrogens with zero attached hydrogens (tertiary/aromatic N) is 2. The highest BCUT2D eigenvalue weighted by Gasteiger charge is 2.38. The average Bonchev–Trinajstić information content (AvgIpc) is 3.09. The second kappa shape index (κ2) is 9.77. The smallest absolute Gasteiger partial charge is 0.333 e. The summed E-state index contributed by atoms with van der Waals surface area (Å²) in [4.78, 5) is 75.1. The first kappa shape index (κ1) is 21.3. The summed E-state index contributed by atoms with van der Waals surface area (Å²) >= 11 is 0. The van der Waals surface area contributed by atoms with E-state index >= 15 is 0 Å². The van der Waals surface area contributed by atoms with Crippen molar-refractivity contribution in [2.75, 3.05) is 13.1 Å². The normalized spacial score (nSPS) is 19.0. The van der Waals surface area contributed by atoms with E-state index in [1.54, 1.807) is 6.92 Å². The molecule has 5 amide bonds. The Morgan fingerprint density at radius 1 is 1.07 bits per heavy atom. The molecule has 0 radical (unpaired) electrons. The second-order valence-corrected chi connectivity index (χ2v) is 6.67. The summed E-state index contributed by atoms with van der Waals surface area (Å²) < 4.78 is 0. The third-order valence-electron chi connectivity index (χ3n) is 4.37. The first-order valence-corrected chi connectivity index (χ1v) is 9.17. The fraction of sp³-hybridized carbons (Fsp3) is 0.556. The van der Waals surface area contributed by atoms with Crippen molar-refractivity contribution in [1.29, 1.82) is 0 Å². The quantitative estimate of drug-likeness (QED) is 0.403. The van der Waals surface area contributed by atoms with E-state index in [1.165, 1.54) is 12.2 Å². The maximum Gasteiger partial charge on any atom is 0.333 e. The molecule has 1 unspecified atom stereocenters. The third-order valence-corrected chi connectivity index (χ3v) is 4.37. The number of nitrogens with one attached hydrogen (secondary N) is 1. The van der Waals surface area contributed by atoms with Crippen LogP contribution in [-0.2, 0) is 33.6 Å². The van der Waals surface area contributed by atoms with Crippen LogP contribution in [-0.4, -0.2) is 58.6 Å². The Morgan fingerprint density at radius 3 is 2.36 bits per heavy atom. The van der Waals surface area contributed by atoms with Crippen LogP contribution >= 0.6 is 0 Å². The van der Waals surface area contributed by atoms with E-state index in [2.05, 4.69) is 5.32 Å². The molecule has 0 aromatic rings. The number of hydrogen-bond donors (Lipinski definition) is 1. The molecule has 10 nitrogen and oxygen atoms in total. The lowest BCUT2D eigenvalue weighted by molar-refractivity contribution is -0.198. The Hall–Kier alpha value is -3.04. The van der Waals surface area contributed by atoms with Gasteiger partial charge in [-0.25, -0.2) is 4.79 Å². The molecule has 1 saturated heterocycles. The summed E-state index contributed by atoms with van der Waals surface area (Å²) in [6.45, 7) is 2.03. The molecule has 0 saturated carbocycles.